The summed E-state index contributed by atoms with van der Waals surface area (Å²) in [5, 5.41) is 18.2. The number of thiocarbonyl (C=S) groups is 1. The number of piperidine rings is 1. The third-order valence-corrected chi connectivity index (χ3v) is 5.73. The highest BCUT2D eigenvalue weighted by Gasteiger charge is 2.21. The summed E-state index contributed by atoms with van der Waals surface area (Å²) in [5.41, 5.74) is 1.60. The Morgan fingerprint density at radius 1 is 1.00 bits per heavy atom. The molecule has 186 valence electrons. The monoisotopic (exact) mass is 505 g/mol. The van der Waals surface area contributed by atoms with E-state index in [1.165, 1.54) is 0 Å². The van der Waals surface area contributed by atoms with Crippen molar-refractivity contribution in [3.63, 3.8) is 0 Å². The Bertz CT molecular complexity index is 1200. The molecule has 0 saturated carbocycles. The van der Waals surface area contributed by atoms with E-state index in [0.29, 0.717) is 48.9 Å². The van der Waals surface area contributed by atoms with Crippen LogP contribution in [0.25, 0.3) is 0 Å². The van der Waals surface area contributed by atoms with E-state index in [-0.39, 0.29) is 29.6 Å². The first-order chi connectivity index (χ1) is 17.4. The maximum Gasteiger partial charge on any atom is 0.323 e. The van der Waals surface area contributed by atoms with Gasteiger partial charge in [0.1, 0.15) is 17.3 Å². The summed E-state index contributed by atoms with van der Waals surface area (Å²) >= 11 is 5.24. The van der Waals surface area contributed by atoms with Crippen molar-refractivity contribution < 1.29 is 19.4 Å². The Labute approximate surface area is 214 Å². The van der Waals surface area contributed by atoms with Gasteiger partial charge in [0.2, 0.25) is 5.91 Å². The smallest absolute Gasteiger partial charge is 0.323 e. The van der Waals surface area contributed by atoms with Crippen LogP contribution in [-0.2, 0) is 11.2 Å². The van der Waals surface area contributed by atoms with Gasteiger partial charge in [0, 0.05) is 31.0 Å². The number of hydrogen-bond acceptors (Lipinski definition) is 6. The van der Waals surface area contributed by atoms with Crippen LogP contribution in [0, 0.1) is 0 Å². The lowest BCUT2D eigenvalue weighted by Gasteiger charge is -2.29. The van der Waals surface area contributed by atoms with E-state index in [9.17, 15) is 14.7 Å². The number of rotatable bonds is 6. The number of benzene rings is 2. The highest BCUT2D eigenvalue weighted by atomic mass is 32.1. The second kappa shape index (κ2) is 12.1. The first kappa shape index (κ1) is 25.1. The van der Waals surface area contributed by atoms with Gasteiger partial charge in [-0.2, -0.15) is 0 Å². The fourth-order valence-corrected chi connectivity index (χ4v) is 3.89. The quantitative estimate of drug-likeness (QED) is 0.375. The molecule has 1 aliphatic rings. The van der Waals surface area contributed by atoms with Crippen molar-refractivity contribution in [1.29, 1.82) is 0 Å². The lowest BCUT2D eigenvalue weighted by Crippen LogP contribution is -2.42. The molecule has 0 unspecified atom stereocenters. The van der Waals surface area contributed by atoms with Crippen LogP contribution in [-0.4, -0.2) is 51.2 Å². The molecule has 1 aromatic heterocycles. The molecule has 1 aliphatic heterocycles. The van der Waals surface area contributed by atoms with Gasteiger partial charge in [0.15, 0.2) is 5.11 Å². The molecule has 0 bridgehead atoms. The van der Waals surface area contributed by atoms with Crippen LogP contribution < -0.4 is 20.7 Å². The van der Waals surface area contributed by atoms with Gasteiger partial charge in [-0.15, -0.1) is 0 Å². The van der Waals surface area contributed by atoms with E-state index in [2.05, 4.69) is 20.9 Å². The van der Waals surface area contributed by atoms with Crippen molar-refractivity contribution in [3.8, 4) is 11.5 Å². The summed E-state index contributed by atoms with van der Waals surface area (Å²) in [4.78, 5) is 30.4. The summed E-state index contributed by atoms with van der Waals surface area (Å²) in [6.07, 6.45) is 2.58. The van der Waals surface area contributed by atoms with Crippen LogP contribution in [0.3, 0.4) is 0 Å². The van der Waals surface area contributed by atoms with Gasteiger partial charge in [-0.1, -0.05) is 30.3 Å². The fourth-order valence-electron chi connectivity index (χ4n) is 3.66. The maximum absolute atomic E-state index is 12.4. The average molecular weight is 506 g/mol. The minimum atomic E-state index is -0.348. The molecule has 3 amide bonds. The Morgan fingerprint density at radius 2 is 1.72 bits per heavy atom. The van der Waals surface area contributed by atoms with Crippen molar-refractivity contribution in [2.24, 2.45) is 0 Å². The standard InChI is InChI=1S/C26H27N5O4S/c32-20-11-14-31(15-12-20)26(34)29-23-17-22(10-13-27-23)35-21-8-6-19(7-9-21)28-25(36)30-24(33)16-18-4-2-1-3-5-18/h1-10,13,17,20,32H,11-12,14-16H2,(H,27,29,34)(H2,28,30,33,36). The molecule has 0 atom stereocenters. The van der Waals surface area contributed by atoms with E-state index < -0.39 is 0 Å². The number of carbonyl (C=O) groups excluding carboxylic acids is 2. The molecule has 1 saturated heterocycles. The summed E-state index contributed by atoms with van der Waals surface area (Å²) in [5.74, 6) is 1.27. The highest BCUT2D eigenvalue weighted by molar-refractivity contribution is 7.80. The number of hydrogen-bond donors (Lipinski definition) is 4. The van der Waals surface area contributed by atoms with Crippen LogP contribution in [0.1, 0.15) is 18.4 Å². The molecule has 2 aromatic carbocycles. The Kier molecular flexibility index (Phi) is 8.43. The first-order valence-electron chi connectivity index (χ1n) is 11.6. The number of likely N-dealkylation sites (tertiary alicyclic amines) is 1. The number of ether oxygens (including phenoxy) is 1. The molecule has 0 radical (unpaired) electrons. The number of anilines is 2. The number of urea groups is 1. The van der Waals surface area contributed by atoms with Gasteiger partial charge >= 0.3 is 6.03 Å². The van der Waals surface area contributed by atoms with Gasteiger partial charge in [-0.05, 0) is 61.0 Å². The van der Waals surface area contributed by atoms with Crippen molar-refractivity contribution >= 4 is 40.8 Å². The van der Waals surface area contributed by atoms with Gasteiger partial charge in [-0.25, -0.2) is 9.78 Å². The second-order valence-corrected chi connectivity index (χ2v) is 8.72. The van der Waals surface area contributed by atoms with E-state index in [1.54, 1.807) is 47.5 Å². The third-order valence-electron chi connectivity index (χ3n) is 5.53. The van der Waals surface area contributed by atoms with Crippen molar-refractivity contribution in [2.45, 2.75) is 25.4 Å². The van der Waals surface area contributed by atoms with Gasteiger partial charge in [0.25, 0.3) is 0 Å². The molecule has 9 nitrogen and oxygen atoms in total. The predicted octanol–water partition coefficient (Wildman–Crippen LogP) is 3.92. The largest absolute Gasteiger partial charge is 0.457 e. The molecule has 3 aromatic rings. The first-order valence-corrected chi connectivity index (χ1v) is 12.0. The van der Waals surface area contributed by atoms with Gasteiger partial charge in [-0.3, -0.25) is 10.1 Å². The van der Waals surface area contributed by atoms with Gasteiger partial charge in [0.05, 0.1) is 12.5 Å². The normalized spacial score (nSPS) is 13.5. The Morgan fingerprint density at radius 3 is 2.44 bits per heavy atom. The third kappa shape index (κ3) is 7.49. The summed E-state index contributed by atoms with van der Waals surface area (Å²) in [6, 6.07) is 19.6. The van der Waals surface area contributed by atoms with Crippen molar-refractivity contribution in [3.05, 3.63) is 78.5 Å². The molecule has 2 heterocycles. The van der Waals surface area contributed by atoms with E-state index in [0.717, 1.165) is 5.56 Å². The van der Waals surface area contributed by atoms with Crippen LogP contribution in [0.15, 0.2) is 72.9 Å². The number of nitrogens with one attached hydrogen (secondary N) is 3. The lowest BCUT2D eigenvalue weighted by molar-refractivity contribution is -0.119. The Balaban J connectivity index is 1.26. The molecular formula is C26H27N5O4S. The summed E-state index contributed by atoms with van der Waals surface area (Å²) in [7, 11) is 0. The zero-order chi connectivity index (χ0) is 25.3. The molecule has 0 spiro atoms. The Hall–Kier alpha value is -4.02. The van der Waals surface area contributed by atoms with Crippen molar-refractivity contribution in [1.82, 2.24) is 15.2 Å². The van der Waals surface area contributed by atoms with Crippen LogP contribution in [0.2, 0.25) is 0 Å². The molecule has 4 rings (SSSR count). The number of pyridine rings is 1. The highest BCUT2D eigenvalue weighted by Crippen LogP contribution is 2.24. The number of nitrogens with zero attached hydrogens (tertiary/aromatic N) is 2. The SMILES string of the molecule is O=C(Cc1ccccc1)NC(=S)Nc1ccc(Oc2ccnc(NC(=O)N3CCC(O)CC3)c2)cc1. The zero-order valence-electron chi connectivity index (χ0n) is 19.5. The van der Waals surface area contributed by atoms with Crippen LogP contribution >= 0.6 is 12.2 Å². The topological polar surface area (TPSA) is 116 Å². The van der Waals surface area contributed by atoms with E-state index >= 15 is 0 Å². The maximum atomic E-state index is 12.4. The second-order valence-electron chi connectivity index (χ2n) is 8.32. The average Bonchev–Trinajstić information content (AvgIpc) is 2.86. The number of aliphatic hydroxyl groups is 1. The number of amides is 3. The van der Waals surface area contributed by atoms with E-state index in [1.807, 2.05) is 30.3 Å². The summed E-state index contributed by atoms with van der Waals surface area (Å²) < 4.78 is 5.88. The van der Waals surface area contributed by atoms with E-state index in [4.69, 9.17) is 17.0 Å². The lowest BCUT2D eigenvalue weighted by atomic mass is 10.1. The molecule has 10 heteroatoms. The fraction of sp³-hybridized carbons (Fsp3) is 0.231. The molecule has 1 fully saturated rings. The minimum Gasteiger partial charge on any atom is -0.457 e. The van der Waals surface area contributed by atoms with Crippen LogP contribution in [0.5, 0.6) is 11.5 Å². The van der Waals surface area contributed by atoms with Crippen molar-refractivity contribution in [2.75, 3.05) is 23.7 Å². The zero-order valence-corrected chi connectivity index (χ0v) is 20.3. The number of aromatic nitrogens is 1. The molecular weight excluding hydrogens is 478 g/mol. The van der Waals surface area contributed by atoms with Crippen LogP contribution in [0.4, 0.5) is 16.3 Å². The van der Waals surface area contributed by atoms with Gasteiger partial charge < -0.3 is 25.4 Å². The molecule has 36 heavy (non-hydrogen) atoms. The number of aliphatic hydroxyl groups excluding tert-OH is 1. The number of carbonyl (C=O) groups is 2. The molecule has 0 aliphatic carbocycles. The predicted molar refractivity (Wildman–Crippen MR) is 141 cm³/mol. The molecule has 4 N–H and O–H groups in total. The minimum absolute atomic E-state index is 0.197. The summed E-state index contributed by atoms with van der Waals surface area (Å²) in [6.45, 7) is 1.01.